The monoisotopic (exact) mass is 271 g/mol. The van der Waals surface area contributed by atoms with Crippen molar-refractivity contribution in [1.29, 1.82) is 0 Å². The number of aliphatic hydroxyl groups is 1. The highest BCUT2D eigenvalue weighted by molar-refractivity contribution is 5.79. The van der Waals surface area contributed by atoms with Gasteiger partial charge in [-0.1, -0.05) is 18.2 Å². The number of nitrogens with zero attached hydrogens (tertiary/aromatic N) is 1. The topological polar surface area (TPSA) is 33.1 Å². The number of pyridine rings is 1. The molecule has 0 radical (unpaired) electrons. The molecular formula is C16H11F2NO. The number of benzene rings is 2. The first kappa shape index (κ1) is 12.7. The number of hydrogen-bond donors (Lipinski definition) is 1. The van der Waals surface area contributed by atoms with Crippen LogP contribution >= 0.6 is 0 Å². The van der Waals surface area contributed by atoms with E-state index in [2.05, 4.69) is 4.98 Å². The molecule has 1 aromatic heterocycles. The van der Waals surface area contributed by atoms with Crippen molar-refractivity contribution in [3.63, 3.8) is 0 Å². The molecule has 0 fully saturated rings. The van der Waals surface area contributed by atoms with Crippen molar-refractivity contribution in [2.24, 2.45) is 0 Å². The van der Waals surface area contributed by atoms with E-state index >= 15 is 0 Å². The summed E-state index contributed by atoms with van der Waals surface area (Å²) < 4.78 is 26.1. The van der Waals surface area contributed by atoms with Crippen LogP contribution in [0, 0.1) is 11.6 Å². The second-order valence-electron chi connectivity index (χ2n) is 4.53. The summed E-state index contributed by atoms with van der Waals surface area (Å²) in [4.78, 5) is 4.19. The third kappa shape index (κ3) is 2.26. The van der Waals surface area contributed by atoms with Crippen molar-refractivity contribution >= 4 is 10.9 Å². The fourth-order valence-electron chi connectivity index (χ4n) is 2.14. The minimum Gasteiger partial charge on any atom is -0.384 e. The van der Waals surface area contributed by atoms with E-state index in [4.69, 9.17) is 0 Å². The minimum absolute atomic E-state index is 0.312. The van der Waals surface area contributed by atoms with Crippen LogP contribution in [0.4, 0.5) is 8.78 Å². The van der Waals surface area contributed by atoms with E-state index in [-0.39, 0.29) is 0 Å². The summed E-state index contributed by atoms with van der Waals surface area (Å²) in [5.41, 5.74) is 1.73. The molecule has 3 aromatic rings. The quantitative estimate of drug-likeness (QED) is 0.772. The van der Waals surface area contributed by atoms with Crippen LogP contribution in [0.3, 0.4) is 0 Å². The first-order valence-corrected chi connectivity index (χ1v) is 6.13. The molecule has 0 aliphatic carbocycles. The Hall–Kier alpha value is -2.33. The molecule has 1 N–H and O–H groups in total. The average molecular weight is 271 g/mol. The second kappa shape index (κ2) is 4.98. The summed E-state index contributed by atoms with van der Waals surface area (Å²) in [6, 6.07) is 12.4. The molecule has 0 amide bonds. The smallest absolute Gasteiger partial charge is 0.159 e. The van der Waals surface area contributed by atoms with Crippen LogP contribution in [0.5, 0.6) is 0 Å². The molecule has 0 saturated heterocycles. The van der Waals surface area contributed by atoms with E-state index in [1.165, 1.54) is 6.07 Å². The van der Waals surface area contributed by atoms with Gasteiger partial charge in [-0.05, 0) is 41.5 Å². The number of fused-ring (bicyclic) bond motifs is 1. The Bertz CT molecular complexity index is 773. The molecule has 2 aromatic carbocycles. The summed E-state index contributed by atoms with van der Waals surface area (Å²) in [6.07, 6.45) is 0.683. The highest BCUT2D eigenvalue weighted by Crippen LogP contribution is 2.25. The Morgan fingerprint density at radius 1 is 0.900 bits per heavy atom. The Morgan fingerprint density at radius 3 is 2.45 bits per heavy atom. The first-order chi connectivity index (χ1) is 9.65. The summed E-state index contributed by atoms with van der Waals surface area (Å²) >= 11 is 0. The normalized spacial score (nSPS) is 12.6. The fraction of sp³-hybridized carbons (Fsp3) is 0.0625. The molecule has 1 unspecified atom stereocenters. The molecule has 1 atom stereocenters. The molecule has 0 aliphatic heterocycles. The molecule has 2 nitrogen and oxygen atoms in total. The van der Waals surface area contributed by atoms with Gasteiger partial charge in [-0.25, -0.2) is 8.78 Å². The Morgan fingerprint density at radius 2 is 1.65 bits per heavy atom. The highest BCUT2D eigenvalue weighted by Gasteiger charge is 2.13. The number of aromatic nitrogens is 1. The summed E-state index contributed by atoms with van der Waals surface area (Å²) in [6.45, 7) is 0. The molecule has 0 bridgehead atoms. The molecule has 0 saturated carbocycles. The molecular weight excluding hydrogens is 260 g/mol. The largest absolute Gasteiger partial charge is 0.384 e. The van der Waals surface area contributed by atoms with Crippen molar-refractivity contribution in [2.75, 3.05) is 0 Å². The maximum absolute atomic E-state index is 13.2. The third-order valence-corrected chi connectivity index (χ3v) is 3.20. The zero-order valence-electron chi connectivity index (χ0n) is 10.4. The van der Waals surface area contributed by atoms with Crippen LogP contribution < -0.4 is 0 Å². The van der Waals surface area contributed by atoms with Crippen molar-refractivity contribution in [3.05, 3.63) is 77.5 Å². The Kier molecular flexibility index (Phi) is 3.16. The number of hydrogen-bond acceptors (Lipinski definition) is 2. The van der Waals surface area contributed by atoms with Gasteiger partial charge < -0.3 is 5.11 Å². The van der Waals surface area contributed by atoms with Gasteiger partial charge in [0.1, 0.15) is 6.10 Å². The maximum atomic E-state index is 13.2. The van der Waals surface area contributed by atoms with Crippen molar-refractivity contribution in [2.45, 2.75) is 6.10 Å². The lowest BCUT2D eigenvalue weighted by molar-refractivity contribution is 0.219. The molecule has 0 aliphatic rings. The summed E-state index contributed by atoms with van der Waals surface area (Å²) in [7, 11) is 0. The van der Waals surface area contributed by atoms with Gasteiger partial charge in [0.15, 0.2) is 11.6 Å². The third-order valence-electron chi connectivity index (χ3n) is 3.20. The number of rotatable bonds is 2. The lowest BCUT2D eigenvalue weighted by Crippen LogP contribution is -2.01. The van der Waals surface area contributed by atoms with Crippen LogP contribution in [-0.2, 0) is 0 Å². The van der Waals surface area contributed by atoms with E-state index in [0.29, 0.717) is 11.1 Å². The van der Waals surface area contributed by atoms with Crippen molar-refractivity contribution in [3.8, 4) is 0 Å². The van der Waals surface area contributed by atoms with E-state index in [9.17, 15) is 13.9 Å². The Labute approximate surface area is 114 Å². The predicted octanol–water partition coefficient (Wildman–Crippen LogP) is 3.59. The maximum Gasteiger partial charge on any atom is 0.159 e. The molecule has 1 heterocycles. The van der Waals surface area contributed by atoms with E-state index in [1.54, 1.807) is 30.5 Å². The molecule has 0 spiro atoms. The summed E-state index contributed by atoms with van der Waals surface area (Å²) in [5.74, 6) is -1.90. The first-order valence-electron chi connectivity index (χ1n) is 6.13. The van der Waals surface area contributed by atoms with Gasteiger partial charge in [-0.2, -0.15) is 0 Å². The molecule has 100 valence electrons. The average Bonchev–Trinajstić information content (AvgIpc) is 2.49. The fourth-order valence-corrected chi connectivity index (χ4v) is 2.14. The molecule has 20 heavy (non-hydrogen) atoms. The number of halogens is 2. The van der Waals surface area contributed by atoms with Crippen LogP contribution in [0.25, 0.3) is 10.9 Å². The molecule has 3 rings (SSSR count). The zero-order valence-corrected chi connectivity index (χ0v) is 10.4. The van der Waals surface area contributed by atoms with Crippen LogP contribution in [-0.4, -0.2) is 10.1 Å². The van der Waals surface area contributed by atoms with Gasteiger partial charge in [0, 0.05) is 11.6 Å². The van der Waals surface area contributed by atoms with Crippen LogP contribution in [0.2, 0.25) is 0 Å². The molecule has 4 heteroatoms. The van der Waals surface area contributed by atoms with Gasteiger partial charge in [-0.3, -0.25) is 4.98 Å². The SMILES string of the molecule is OC(c1ccc(F)c(F)c1)c1ccc2ncccc2c1. The zero-order chi connectivity index (χ0) is 14.1. The lowest BCUT2D eigenvalue weighted by Gasteiger charge is -2.12. The highest BCUT2D eigenvalue weighted by atomic mass is 19.2. The van der Waals surface area contributed by atoms with Crippen LogP contribution in [0.1, 0.15) is 17.2 Å². The minimum atomic E-state index is -1.00. The van der Waals surface area contributed by atoms with Gasteiger partial charge >= 0.3 is 0 Å². The van der Waals surface area contributed by atoms with Crippen LogP contribution in [0.15, 0.2) is 54.7 Å². The predicted molar refractivity (Wildman–Crippen MR) is 72.2 cm³/mol. The van der Waals surface area contributed by atoms with E-state index in [0.717, 1.165) is 23.0 Å². The standard InChI is InChI=1S/C16H11F2NO/c17-13-5-3-12(9-14(13)18)16(20)11-4-6-15-10(8-11)2-1-7-19-15/h1-9,16,20H. The number of aliphatic hydroxyl groups excluding tert-OH is 1. The lowest BCUT2D eigenvalue weighted by atomic mass is 10.00. The van der Waals surface area contributed by atoms with E-state index < -0.39 is 17.7 Å². The van der Waals surface area contributed by atoms with Crippen molar-refractivity contribution < 1.29 is 13.9 Å². The van der Waals surface area contributed by atoms with E-state index in [1.807, 2.05) is 6.07 Å². The van der Waals surface area contributed by atoms with Gasteiger partial charge in [0.25, 0.3) is 0 Å². The second-order valence-corrected chi connectivity index (χ2v) is 4.53. The summed E-state index contributed by atoms with van der Waals surface area (Å²) in [5, 5.41) is 11.1. The Balaban J connectivity index is 2.02. The van der Waals surface area contributed by atoms with Gasteiger partial charge in [0.2, 0.25) is 0 Å². The van der Waals surface area contributed by atoms with Crippen molar-refractivity contribution in [1.82, 2.24) is 4.98 Å². The van der Waals surface area contributed by atoms with Gasteiger partial charge in [0.05, 0.1) is 5.52 Å². The van der Waals surface area contributed by atoms with Gasteiger partial charge in [-0.15, -0.1) is 0 Å².